The van der Waals surface area contributed by atoms with E-state index in [1.807, 2.05) is 0 Å². The first-order valence-electron chi connectivity index (χ1n) is 5.87. The maximum Gasteiger partial charge on any atom is 0.319 e. The summed E-state index contributed by atoms with van der Waals surface area (Å²) in [5.74, 6) is -0.753. The van der Waals surface area contributed by atoms with Crippen LogP contribution in [0.4, 0.5) is 4.79 Å². The van der Waals surface area contributed by atoms with Crippen LogP contribution >= 0.6 is 0 Å². The molecule has 0 spiro atoms. The Morgan fingerprint density at radius 2 is 2.18 bits per heavy atom. The van der Waals surface area contributed by atoms with E-state index in [0.29, 0.717) is 13.1 Å². The molecule has 1 aliphatic heterocycles. The molecule has 2 N–H and O–H groups in total. The van der Waals surface area contributed by atoms with Crippen LogP contribution in [0, 0.1) is 5.92 Å². The Morgan fingerprint density at radius 3 is 2.76 bits per heavy atom. The van der Waals surface area contributed by atoms with Gasteiger partial charge in [-0.2, -0.15) is 0 Å². The number of carboxylic acids is 1. The smallest absolute Gasteiger partial charge is 0.319 e. The Kier molecular flexibility index (Phi) is 5.21. The van der Waals surface area contributed by atoms with Crippen LogP contribution in [0.5, 0.6) is 0 Å². The first kappa shape index (κ1) is 13.8. The summed E-state index contributed by atoms with van der Waals surface area (Å²) < 4.78 is 0. The van der Waals surface area contributed by atoms with Crippen LogP contribution in [0.15, 0.2) is 0 Å². The molecule has 0 aromatic heterocycles. The molecule has 98 valence electrons. The van der Waals surface area contributed by atoms with Crippen molar-refractivity contribution in [3.05, 3.63) is 0 Å². The quantitative estimate of drug-likeness (QED) is 0.741. The predicted octanol–water partition coefficient (Wildman–Crippen LogP) is 0.217. The zero-order valence-electron chi connectivity index (χ0n) is 10.1. The average molecular weight is 244 g/mol. The molecule has 6 nitrogen and oxygen atoms in total. The number of carbonyl (C=O) groups excluding carboxylic acids is 1. The van der Waals surface area contributed by atoms with Gasteiger partial charge in [-0.25, -0.2) is 4.79 Å². The minimum atomic E-state index is -0.906. The number of likely N-dealkylation sites (tertiary alicyclic amines) is 1. The normalized spacial score (nSPS) is 20.1. The molecule has 0 radical (unpaired) electrons. The van der Waals surface area contributed by atoms with E-state index in [4.69, 9.17) is 10.2 Å². The molecule has 17 heavy (non-hydrogen) atoms. The lowest BCUT2D eigenvalue weighted by atomic mass is 9.99. The third-order valence-electron chi connectivity index (χ3n) is 3.04. The van der Waals surface area contributed by atoms with E-state index < -0.39 is 5.97 Å². The summed E-state index contributed by atoms with van der Waals surface area (Å²) >= 11 is 0. The van der Waals surface area contributed by atoms with Crippen LogP contribution < -0.4 is 0 Å². The molecule has 0 aromatic carbocycles. The van der Waals surface area contributed by atoms with Crippen molar-refractivity contribution in [2.75, 3.05) is 33.3 Å². The zero-order chi connectivity index (χ0) is 12.8. The Bertz CT molecular complexity index is 283. The van der Waals surface area contributed by atoms with Gasteiger partial charge in [-0.3, -0.25) is 4.79 Å². The number of rotatable bonds is 4. The molecule has 1 saturated heterocycles. The average Bonchev–Trinajstić information content (AvgIpc) is 2.35. The van der Waals surface area contributed by atoms with Crippen molar-refractivity contribution < 1.29 is 19.8 Å². The lowest BCUT2D eigenvalue weighted by Gasteiger charge is -2.34. The van der Waals surface area contributed by atoms with Crippen molar-refractivity contribution in [3.63, 3.8) is 0 Å². The van der Waals surface area contributed by atoms with Gasteiger partial charge in [0.1, 0.15) is 0 Å². The predicted molar refractivity (Wildman–Crippen MR) is 61.7 cm³/mol. The van der Waals surface area contributed by atoms with Crippen molar-refractivity contribution >= 4 is 12.0 Å². The van der Waals surface area contributed by atoms with Crippen molar-refractivity contribution in [3.8, 4) is 0 Å². The summed E-state index contributed by atoms with van der Waals surface area (Å²) in [5, 5.41) is 17.6. The van der Waals surface area contributed by atoms with Crippen LogP contribution in [0.3, 0.4) is 0 Å². The number of urea groups is 1. The van der Waals surface area contributed by atoms with Gasteiger partial charge in [-0.1, -0.05) is 0 Å². The number of aliphatic carboxylic acids is 1. The summed E-state index contributed by atoms with van der Waals surface area (Å²) in [6, 6.07) is -0.149. The van der Waals surface area contributed by atoms with E-state index in [2.05, 4.69) is 0 Å². The molecule has 1 fully saturated rings. The number of amides is 2. The standard InChI is InChI=1S/C11H20N2O4/c1-12(6-4-10(15)16)11(17)13-5-2-3-9(7-13)8-14/h9,14H,2-8H2,1H3,(H,15,16). The van der Waals surface area contributed by atoms with E-state index in [0.717, 1.165) is 12.8 Å². The number of aliphatic hydroxyl groups is 1. The zero-order valence-corrected chi connectivity index (χ0v) is 10.1. The summed E-state index contributed by atoms with van der Waals surface area (Å²) in [6.07, 6.45) is 1.79. The summed E-state index contributed by atoms with van der Waals surface area (Å²) in [4.78, 5) is 25.5. The maximum absolute atomic E-state index is 11.9. The van der Waals surface area contributed by atoms with Gasteiger partial charge >= 0.3 is 12.0 Å². The highest BCUT2D eigenvalue weighted by molar-refractivity contribution is 5.75. The summed E-state index contributed by atoms with van der Waals surface area (Å²) in [7, 11) is 1.60. The van der Waals surface area contributed by atoms with E-state index in [-0.39, 0.29) is 31.5 Å². The van der Waals surface area contributed by atoms with Gasteiger partial charge in [-0.05, 0) is 18.8 Å². The molecule has 0 aromatic rings. The van der Waals surface area contributed by atoms with Crippen LogP contribution in [0.25, 0.3) is 0 Å². The van der Waals surface area contributed by atoms with Gasteiger partial charge in [0, 0.05) is 33.3 Å². The van der Waals surface area contributed by atoms with Crippen molar-refractivity contribution in [2.45, 2.75) is 19.3 Å². The molecule has 6 heteroatoms. The Hall–Kier alpha value is -1.30. The fraction of sp³-hybridized carbons (Fsp3) is 0.818. The van der Waals surface area contributed by atoms with Crippen molar-refractivity contribution in [1.82, 2.24) is 9.80 Å². The van der Waals surface area contributed by atoms with Gasteiger partial charge in [0.25, 0.3) is 0 Å². The number of nitrogens with zero attached hydrogens (tertiary/aromatic N) is 2. The lowest BCUT2D eigenvalue weighted by Crippen LogP contribution is -2.47. The summed E-state index contributed by atoms with van der Waals surface area (Å²) in [6.45, 7) is 1.57. The number of piperidine rings is 1. The highest BCUT2D eigenvalue weighted by Gasteiger charge is 2.25. The Morgan fingerprint density at radius 1 is 1.47 bits per heavy atom. The van der Waals surface area contributed by atoms with E-state index in [9.17, 15) is 9.59 Å². The minimum absolute atomic E-state index is 0.0422. The summed E-state index contributed by atoms with van der Waals surface area (Å²) in [5.41, 5.74) is 0. The Labute approximate surface area is 101 Å². The second-order valence-electron chi connectivity index (χ2n) is 4.48. The minimum Gasteiger partial charge on any atom is -0.481 e. The maximum atomic E-state index is 11.9. The van der Waals surface area contributed by atoms with Gasteiger partial charge in [0.05, 0.1) is 6.42 Å². The number of hydrogen-bond donors (Lipinski definition) is 2. The molecule has 2 amide bonds. The number of carbonyl (C=O) groups is 2. The topological polar surface area (TPSA) is 81.1 Å². The second-order valence-corrected chi connectivity index (χ2v) is 4.48. The van der Waals surface area contributed by atoms with Gasteiger partial charge in [-0.15, -0.1) is 0 Å². The first-order chi connectivity index (χ1) is 8.04. The number of hydrogen-bond acceptors (Lipinski definition) is 3. The molecule has 1 aliphatic rings. The number of carboxylic acid groups (broad SMARTS) is 1. The molecular weight excluding hydrogens is 224 g/mol. The Balaban J connectivity index is 2.42. The fourth-order valence-corrected chi connectivity index (χ4v) is 1.99. The highest BCUT2D eigenvalue weighted by atomic mass is 16.4. The van der Waals surface area contributed by atoms with Crippen LogP contribution in [-0.2, 0) is 4.79 Å². The van der Waals surface area contributed by atoms with Gasteiger partial charge in [0.15, 0.2) is 0 Å². The molecule has 0 aliphatic carbocycles. The third kappa shape index (κ3) is 4.22. The van der Waals surface area contributed by atoms with Gasteiger partial charge in [0.2, 0.25) is 0 Å². The largest absolute Gasteiger partial charge is 0.481 e. The lowest BCUT2D eigenvalue weighted by molar-refractivity contribution is -0.137. The monoisotopic (exact) mass is 244 g/mol. The molecule has 1 heterocycles. The number of aliphatic hydroxyl groups excluding tert-OH is 1. The van der Waals surface area contributed by atoms with Crippen LogP contribution in [0.2, 0.25) is 0 Å². The van der Waals surface area contributed by atoms with E-state index >= 15 is 0 Å². The van der Waals surface area contributed by atoms with Crippen LogP contribution in [-0.4, -0.2) is 65.3 Å². The van der Waals surface area contributed by atoms with Gasteiger partial charge < -0.3 is 20.0 Å². The molecule has 1 rings (SSSR count). The molecule has 0 saturated carbocycles. The highest BCUT2D eigenvalue weighted by Crippen LogP contribution is 2.16. The van der Waals surface area contributed by atoms with Crippen molar-refractivity contribution in [2.24, 2.45) is 5.92 Å². The molecule has 0 bridgehead atoms. The SMILES string of the molecule is CN(CCC(=O)O)C(=O)N1CCCC(CO)C1. The van der Waals surface area contributed by atoms with E-state index in [1.165, 1.54) is 4.90 Å². The molecular formula is C11H20N2O4. The van der Waals surface area contributed by atoms with Crippen molar-refractivity contribution in [1.29, 1.82) is 0 Å². The van der Waals surface area contributed by atoms with Crippen LogP contribution in [0.1, 0.15) is 19.3 Å². The van der Waals surface area contributed by atoms with E-state index in [1.54, 1.807) is 11.9 Å². The first-order valence-corrected chi connectivity index (χ1v) is 5.87. The molecule has 1 unspecified atom stereocenters. The molecule has 1 atom stereocenters. The third-order valence-corrected chi connectivity index (χ3v) is 3.04. The second kappa shape index (κ2) is 6.44. The fourth-order valence-electron chi connectivity index (χ4n) is 1.99.